The van der Waals surface area contributed by atoms with Crippen LogP contribution < -0.4 is 36.3 Å². The standard InChI is InChI=1S/C32H34N10O6/c1-2-45-25(43)7-4-17-10-19(28-37-8-3-9-38-28)12-21(11-17)46-30-26-31(47-24(29(44)40-26)14-20-15-36-16-39-20)42-32(41-30)48-23-13-18(27(34)35)5-6-22(23)33/h5-6,8,10-13,15-16,24,28,38H,2-4,7,9,14,33H2,1H3,(H3,34,35)(H,36,39)(H,40,44). The van der Waals surface area contributed by atoms with E-state index in [1.165, 1.54) is 12.4 Å². The highest BCUT2D eigenvalue weighted by Gasteiger charge is 2.34. The number of nitrogens with zero attached hydrogens (tertiary/aromatic N) is 4. The fourth-order valence-corrected chi connectivity index (χ4v) is 5.08. The predicted molar refractivity (Wildman–Crippen MR) is 175 cm³/mol. The number of nitrogens with one attached hydrogen (secondary N) is 4. The van der Waals surface area contributed by atoms with Gasteiger partial charge in [0.05, 0.1) is 18.6 Å². The van der Waals surface area contributed by atoms with Gasteiger partial charge in [0.1, 0.15) is 17.8 Å². The number of amides is 1. The van der Waals surface area contributed by atoms with Crippen molar-refractivity contribution < 1.29 is 28.5 Å². The normalized spacial score (nSPS) is 16.7. The third-order valence-corrected chi connectivity index (χ3v) is 7.41. The minimum absolute atomic E-state index is 0.00218. The van der Waals surface area contributed by atoms with E-state index >= 15 is 0 Å². The quantitative estimate of drug-likeness (QED) is 0.0559. The van der Waals surface area contributed by atoms with E-state index in [9.17, 15) is 9.59 Å². The highest BCUT2D eigenvalue weighted by Crippen LogP contribution is 2.41. The Bertz CT molecular complexity index is 1860. The molecule has 2 aliphatic heterocycles. The van der Waals surface area contributed by atoms with Crippen molar-refractivity contribution in [1.29, 1.82) is 5.41 Å². The molecule has 16 nitrogen and oxygen atoms in total. The van der Waals surface area contributed by atoms with E-state index in [1.807, 2.05) is 12.3 Å². The summed E-state index contributed by atoms with van der Waals surface area (Å²) in [5.74, 6) is -0.514. The van der Waals surface area contributed by atoms with Crippen LogP contribution >= 0.6 is 0 Å². The molecule has 6 rings (SSSR count). The third-order valence-electron chi connectivity index (χ3n) is 7.41. The van der Waals surface area contributed by atoms with Crippen molar-refractivity contribution in [2.45, 2.75) is 44.9 Å². The number of hydrogen-bond donors (Lipinski definition) is 6. The van der Waals surface area contributed by atoms with Crippen molar-refractivity contribution in [3.05, 3.63) is 71.3 Å². The first-order valence-corrected chi connectivity index (χ1v) is 15.3. The number of rotatable bonds is 12. The second kappa shape index (κ2) is 14.2. The molecule has 0 fully saturated rings. The summed E-state index contributed by atoms with van der Waals surface area (Å²) in [5.41, 5.74) is 14.8. The highest BCUT2D eigenvalue weighted by molar-refractivity contribution is 5.99. The first kappa shape index (κ1) is 31.9. The number of carbonyl (C=O) groups is 2. The molecule has 48 heavy (non-hydrogen) atoms. The summed E-state index contributed by atoms with van der Waals surface area (Å²) < 4.78 is 23.5. The Balaban J connectivity index is 1.38. The lowest BCUT2D eigenvalue weighted by atomic mass is 10.0. The van der Waals surface area contributed by atoms with Crippen LogP contribution in [0.25, 0.3) is 0 Å². The Morgan fingerprint density at radius 1 is 1.17 bits per heavy atom. The van der Waals surface area contributed by atoms with E-state index in [-0.39, 0.29) is 65.7 Å². The lowest BCUT2D eigenvalue weighted by molar-refractivity contribution is -0.143. The second-order valence-corrected chi connectivity index (χ2v) is 10.9. The summed E-state index contributed by atoms with van der Waals surface area (Å²) in [7, 11) is 0. The lowest BCUT2D eigenvalue weighted by Gasteiger charge is -2.26. The Kier molecular flexibility index (Phi) is 9.43. The molecule has 0 spiro atoms. The van der Waals surface area contributed by atoms with E-state index in [0.29, 0.717) is 30.0 Å². The van der Waals surface area contributed by atoms with Gasteiger partial charge in [0.25, 0.3) is 11.8 Å². The van der Waals surface area contributed by atoms with Crippen LogP contribution in [0.15, 0.2) is 53.9 Å². The number of aromatic amines is 1. The molecular formula is C32H34N10O6. The number of amidine groups is 1. The van der Waals surface area contributed by atoms with Gasteiger partial charge in [-0.2, -0.15) is 9.97 Å². The van der Waals surface area contributed by atoms with Gasteiger partial charge in [-0.1, -0.05) is 6.07 Å². The fourth-order valence-electron chi connectivity index (χ4n) is 5.08. The van der Waals surface area contributed by atoms with Gasteiger partial charge in [-0.05, 0) is 61.2 Å². The predicted octanol–water partition coefficient (Wildman–Crippen LogP) is 3.15. The molecule has 1 amide bonds. The first-order valence-electron chi connectivity index (χ1n) is 15.3. The van der Waals surface area contributed by atoms with E-state index < -0.39 is 12.0 Å². The minimum atomic E-state index is -0.951. The number of ether oxygens (including phenoxy) is 4. The number of benzene rings is 2. The number of hydrogen-bond acceptors (Lipinski definition) is 13. The molecule has 2 atom stereocenters. The molecule has 0 saturated carbocycles. The largest absolute Gasteiger partial charge is 0.466 e. The van der Waals surface area contributed by atoms with Crippen molar-refractivity contribution in [1.82, 2.24) is 25.3 Å². The zero-order chi connectivity index (χ0) is 33.6. The zero-order valence-electron chi connectivity index (χ0n) is 26.0. The molecule has 16 heteroatoms. The lowest BCUT2D eigenvalue weighted by Crippen LogP contribution is -2.39. The van der Waals surface area contributed by atoms with Crippen LogP contribution in [-0.2, 0) is 27.2 Å². The van der Waals surface area contributed by atoms with Gasteiger partial charge in [0.2, 0.25) is 5.88 Å². The summed E-state index contributed by atoms with van der Waals surface area (Å²) >= 11 is 0. The maximum atomic E-state index is 13.2. The second-order valence-electron chi connectivity index (χ2n) is 10.9. The molecule has 4 heterocycles. The number of imidazole rings is 1. The number of nitrogen functional groups attached to an aromatic ring is 2. The molecule has 0 bridgehead atoms. The number of carbonyl (C=O) groups excluding carboxylic acids is 2. The molecule has 2 aromatic heterocycles. The topological polar surface area (TPSA) is 238 Å². The Hall–Kier alpha value is -6.03. The maximum absolute atomic E-state index is 13.2. The van der Waals surface area contributed by atoms with Gasteiger partial charge < -0.3 is 40.7 Å². The number of fused-ring (bicyclic) bond motifs is 1. The molecule has 0 radical (unpaired) electrons. The Morgan fingerprint density at radius 3 is 2.79 bits per heavy atom. The molecule has 2 aromatic carbocycles. The number of H-pyrrole nitrogens is 1. The van der Waals surface area contributed by atoms with E-state index in [4.69, 9.17) is 35.8 Å². The van der Waals surface area contributed by atoms with E-state index in [1.54, 1.807) is 37.4 Å². The fraction of sp³-hybridized carbons (Fsp3) is 0.281. The van der Waals surface area contributed by atoms with Crippen LogP contribution in [0.1, 0.15) is 48.3 Å². The van der Waals surface area contributed by atoms with Crippen LogP contribution in [0.2, 0.25) is 0 Å². The van der Waals surface area contributed by atoms with Gasteiger partial charge in [0, 0.05) is 43.1 Å². The molecule has 8 N–H and O–H groups in total. The van der Waals surface area contributed by atoms with Crippen molar-refractivity contribution >= 4 is 35.3 Å². The van der Waals surface area contributed by atoms with Crippen LogP contribution in [0.3, 0.4) is 0 Å². The van der Waals surface area contributed by atoms with Crippen molar-refractivity contribution in [3.63, 3.8) is 0 Å². The van der Waals surface area contributed by atoms with Crippen LogP contribution in [0.5, 0.6) is 29.3 Å². The Morgan fingerprint density at radius 2 is 2.04 bits per heavy atom. The van der Waals surface area contributed by atoms with Crippen molar-refractivity contribution in [2.75, 3.05) is 24.2 Å². The number of nitrogens with two attached hydrogens (primary N) is 2. The molecule has 248 valence electrons. The van der Waals surface area contributed by atoms with E-state index in [2.05, 4.69) is 35.6 Å². The van der Waals surface area contributed by atoms with Gasteiger partial charge in [-0.25, -0.2) is 4.98 Å². The smallest absolute Gasteiger partial charge is 0.328 e. The van der Waals surface area contributed by atoms with Gasteiger partial charge >= 0.3 is 12.0 Å². The first-order chi connectivity index (χ1) is 23.2. The summed E-state index contributed by atoms with van der Waals surface area (Å²) in [6.07, 6.45) is 5.23. The summed E-state index contributed by atoms with van der Waals surface area (Å²) in [6, 6.07) is 9.93. The number of aryl methyl sites for hydroxylation is 1. The number of aliphatic imine (C=N–C) groups is 1. The van der Waals surface area contributed by atoms with Gasteiger partial charge in [-0.15, -0.1) is 0 Å². The minimum Gasteiger partial charge on any atom is -0.466 e. The molecule has 2 aliphatic rings. The summed E-state index contributed by atoms with van der Waals surface area (Å²) in [5, 5.41) is 14.0. The summed E-state index contributed by atoms with van der Waals surface area (Å²) in [6.45, 7) is 2.79. The molecule has 2 unspecified atom stereocenters. The SMILES string of the molecule is CCOC(=O)CCc1cc(Oc2nc(Oc3cc(C(=N)N)ccc3N)nc3c2NC(=O)C(Cc2cnc[nH]2)O3)cc(C2N=CCCN2)c1. The van der Waals surface area contributed by atoms with Gasteiger partial charge in [-0.3, -0.25) is 25.3 Å². The number of esters is 1. The highest BCUT2D eigenvalue weighted by atomic mass is 16.5. The summed E-state index contributed by atoms with van der Waals surface area (Å²) in [4.78, 5) is 45.8. The average molecular weight is 655 g/mol. The number of anilines is 2. The van der Waals surface area contributed by atoms with Crippen LogP contribution in [0.4, 0.5) is 11.4 Å². The van der Waals surface area contributed by atoms with Crippen LogP contribution in [0, 0.1) is 5.41 Å². The molecular weight excluding hydrogens is 620 g/mol. The molecule has 4 aromatic rings. The third kappa shape index (κ3) is 7.50. The van der Waals surface area contributed by atoms with Crippen molar-refractivity contribution in [2.24, 2.45) is 10.7 Å². The van der Waals surface area contributed by atoms with Gasteiger partial charge in [0.15, 0.2) is 17.5 Å². The molecule has 0 saturated heterocycles. The van der Waals surface area contributed by atoms with E-state index in [0.717, 1.165) is 24.1 Å². The Labute approximate surface area is 274 Å². The zero-order valence-corrected chi connectivity index (χ0v) is 26.0. The van der Waals surface area contributed by atoms with Crippen LogP contribution in [-0.4, -0.2) is 63.1 Å². The average Bonchev–Trinajstić information content (AvgIpc) is 3.59. The monoisotopic (exact) mass is 654 g/mol. The van der Waals surface area contributed by atoms with Crippen molar-refractivity contribution in [3.8, 4) is 29.3 Å². The maximum Gasteiger partial charge on any atom is 0.328 e. The molecule has 0 aliphatic carbocycles. The number of aromatic nitrogens is 4.